The third kappa shape index (κ3) is 2.57. The lowest BCUT2D eigenvalue weighted by molar-refractivity contribution is 0.0356. The molecule has 6 unspecified atom stereocenters. The summed E-state index contributed by atoms with van der Waals surface area (Å²) < 4.78 is 27.6. The maximum absolute atomic E-state index is 14.0. The third-order valence-corrected chi connectivity index (χ3v) is 4.83. The van der Waals surface area contributed by atoms with E-state index in [1.165, 1.54) is 0 Å². The Balaban J connectivity index is 1.92. The van der Waals surface area contributed by atoms with Gasteiger partial charge >= 0.3 is 0 Å². The second kappa shape index (κ2) is 5.01. The van der Waals surface area contributed by atoms with Crippen LogP contribution < -0.4 is 0 Å². The van der Waals surface area contributed by atoms with Gasteiger partial charge in [0, 0.05) is 0 Å². The van der Waals surface area contributed by atoms with Crippen LogP contribution in [0.15, 0.2) is 0 Å². The number of alkyl halides is 2. The molecule has 94 valence electrons. The molecule has 0 aromatic heterocycles. The van der Waals surface area contributed by atoms with E-state index >= 15 is 0 Å². The van der Waals surface area contributed by atoms with Gasteiger partial charge in [0.2, 0.25) is 0 Å². The molecule has 0 saturated heterocycles. The van der Waals surface area contributed by atoms with Gasteiger partial charge in [-0.2, -0.15) is 0 Å². The Labute approximate surface area is 97.8 Å². The predicted molar refractivity (Wildman–Crippen MR) is 62.8 cm³/mol. The summed E-state index contributed by atoms with van der Waals surface area (Å²) in [6.45, 7) is 4.11. The monoisotopic (exact) mass is 230 g/mol. The number of hydrogen-bond acceptors (Lipinski definition) is 0. The van der Waals surface area contributed by atoms with Gasteiger partial charge in [-0.15, -0.1) is 0 Å². The predicted octanol–water partition coefficient (Wildman–Crippen LogP) is 4.54. The first-order valence-electron chi connectivity index (χ1n) is 6.86. The van der Waals surface area contributed by atoms with E-state index in [0.717, 1.165) is 25.7 Å². The van der Waals surface area contributed by atoms with E-state index in [-0.39, 0.29) is 11.8 Å². The minimum absolute atomic E-state index is 0.155. The molecular weight excluding hydrogens is 206 g/mol. The first-order chi connectivity index (χ1) is 7.58. The molecule has 0 aromatic rings. The van der Waals surface area contributed by atoms with E-state index in [9.17, 15) is 8.78 Å². The largest absolute Gasteiger partial charge is 0.247 e. The van der Waals surface area contributed by atoms with Crippen LogP contribution in [0.4, 0.5) is 8.78 Å². The SMILES string of the molecule is CC1CCC(C2CCC(C)C(F)C2)C(F)C1. The van der Waals surface area contributed by atoms with E-state index in [0.29, 0.717) is 24.7 Å². The average molecular weight is 230 g/mol. The Kier molecular flexibility index (Phi) is 3.86. The molecule has 2 aliphatic carbocycles. The normalized spacial score (nSPS) is 50.2. The van der Waals surface area contributed by atoms with Crippen LogP contribution >= 0.6 is 0 Å². The molecule has 0 heterocycles. The lowest BCUT2D eigenvalue weighted by atomic mass is 9.68. The molecule has 0 bridgehead atoms. The minimum Gasteiger partial charge on any atom is -0.247 e. The molecule has 0 aromatic carbocycles. The quantitative estimate of drug-likeness (QED) is 0.620. The third-order valence-electron chi connectivity index (χ3n) is 4.83. The first kappa shape index (κ1) is 12.3. The molecule has 0 amide bonds. The van der Waals surface area contributed by atoms with E-state index < -0.39 is 12.3 Å². The smallest absolute Gasteiger partial charge is 0.103 e. The molecule has 0 nitrogen and oxygen atoms in total. The van der Waals surface area contributed by atoms with Crippen molar-refractivity contribution in [1.29, 1.82) is 0 Å². The van der Waals surface area contributed by atoms with E-state index in [1.807, 2.05) is 6.92 Å². The van der Waals surface area contributed by atoms with Crippen LogP contribution in [-0.2, 0) is 0 Å². The summed E-state index contributed by atoms with van der Waals surface area (Å²) in [7, 11) is 0. The van der Waals surface area contributed by atoms with Crippen LogP contribution in [-0.4, -0.2) is 12.3 Å². The van der Waals surface area contributed by atoms with Crippen molar-refractivity contribution < 1.29 is 8.78 Å². The summed E-state index contributed by atoms with van der Waals surface area (Å²) in [4.78, 5) is 0. The maximum Gasteiger partial charge on any atom is 0.103 e. The van der Waals surface area contributed by atoms with Gasteiger partial charge in [-0.25, -0.2) is 8.78 Å². The van der Waals surface area contributed by atoms with Crippen LogP contribution in [0.3, 0.4) is 0 Å². The fourth-order valence-corrected chi connectivity index (χ4v) is 3.55. The number of halogens is 2. The Hall–Kier alpha value is -0.140. The summed E-state index contributed by atoms with van der Waals surface area (Å²) in [6.07, 6.45) is 4.06. The zero-order valence-corrected chi connectivity index (χ0v) is 10.5. The van der Waals surface area contributed by atoms with E-state index in [4.69, 9.17) is 0 Å². The molecule has 0 aliphatic heterocycles. The van der Waals surface area contributed by atoms with Crippen molar-refractivity contribution in [2.24, 2.45) is 23.7 Å². The van der Waals surface area contributed by atoms with Crippen molar-refractivity contribution in [3.05, 3.63) is 0 Å². The standard InChI is InChI=1S/C14H24F2/c1-9-3-6-12(14(16)7-9)11-5-4-10(2)13(15)8-11/h9-14H,3-8H2,1-2H3. The fourth-order valence-electron chi connectivity index (χ4n) is 3.55. The van der Waals surface area contributed by atoms with Crippen molar-refractivity contribution in [3.63, 3.8) is 0 Å². The highest BCUT2D eigenvalue weighted by molar-refractivity contribution is 4.88. The van der Waals surface area contributed by atoms with Crippen molar-refractivity contribution >= 4 is 0 Å². The summed E-state index contributed by atoms with van der Waals surface area (Å²) in [5.74, 6) is 1.18. The van der Waals surface area contributed by atoms with Crippen LogP contribution in [0.1, 0.15) is 52.4 Å². The molecule has 2 saturated carbocycles. The molecule has 2 rings (SSSR count). The van der Waals surface area contributed by atoms with Crippen LogP contribution in [0, 0.1) is 23.7 Å². The Morgan fingerprint density at radius 2 is 1.56 bits per heavy atom. The zero-order valence-electron chi connectivity index (χ0n) is 10.5. The lowest BCUT2D eigenvalue weighted by Gasteiger charge is -2.39. The fraction of sp³-hybridized carbons (Fsp3) is 1.00. The van der Waals surface area contributed by atoms with Gasteiger partial charge < -0.3 is 0 Å². The zero-order chi connectivity index (χ0) is 11.7. The van der Waals surface area contributed by atoms with Gasteiger partial charge in [-0.1, -0.05) is 20.3 Å². The molecule has 0 N–H and O–H groups in total. The summed E-state index contributed by atoms with van der Waals surface area (Å²) in [5, 5.41) is 0. The topological polar surface area (TPSA) is 0 Å². The van der Waals surface area contributed by atoms with Crippen molar-refractivity contribution in [1.82, 2.24) is 0 Å². The molecular formula is C14H24F2. The molecule has 2 fully saturated rings. The molecule has 0 spiro atoms. The number of rotatable bonds is 1. The summed E-state index contributed by atoms with van der Waals surface area (Å²) in [6, 6.07) is 0. The van der Waals surface area contributed by atoms with Gasteiger partial charge in [0.05, 0.1) is 0 Å². The highest BCUT2D eigenvalue weighted by Crippen LogP contribution is 2.43. The lowest BCUT2D eigenvalue weighted by Crippen LogP contribution is -2.36. The van der Waals surface area contributed by atoms with Crippen molar-refractivity contribution in [2.45, 2.75) is 64.7 Å². The van der Waals surface area contributed by atoms with E-state index in [1.54, 1.807) is 0 Å². The highest BCUT2D eigenvalue weighted by atomic mass is 19.1. The second-order valence-corrected chi connectivity index (χ2v) is 6.16. The van der Waals surface area contributed by atoms with Crippen molar-refractivity contribution in [3.8, 4) is 0 Å². The van der Waals surface area contributed by atoms with E-state index in [2.05, 4.69) is 6.92 Å². The first-order valence-corrected chi connectivity index (χ1v) is 6.86. The van der Waals surface area contributed by atoms with Crippen LogP contribution in [0.25, 0.3) is 0 Å². The maximum atomic E-state index is 14.0. The summed E-state index contributed by atoms with van der Waals surface area (Å²) >= 11 is 0. The molecule has 6 atom stereocenters. The van der Waals surface area contributed by atoms with Crippen LogP contribution in [0.5, 0.6) is 0 Å². The second-order valence-electron chi connectivity index (χ2n) is 6.16. The van der Waals surface area contributed by atoms with Gasteiger partial charge in [-0.3, -0.25) is 0 Å². The molecule has 2 aliphatic rings. The summed E-state index contributed by atoms with van der Waals surface area (Å²) in [5.41, 5.74) is 0. The minimum atomic E-state index is -0.690. The van der Waals surface area contributed by atoms with Crippen LogP contribution in [0.2, 0.25) is 0 Å². The molecule has 0 radical (unpaired) electrons. The molecule has 2 heteroatoms. The Bertz CT molecular complexity index is 229. The Morgan fingerprint density at radius 1 is 0.812 bits per heavy atom. The number of hydrogen-bond donors (Lipinski definition) is 0. The molecule has 16 heavy (non-hydrogen) atoms. The average Bonchev–Trinajstić information content (AvgIpc) is 2.22. The van der Waals surface area contributed by atoms with Gasteiger partial charge in [0.1, 0.15) is 12.3 Å². The van der Waals surface area contributed by atoms with Gasteiger partial charge in [0.25, 0.3) is 0 Å². The highest BCUT2D eigenvalue weighted by Gasteiger charge is 2.38. The van der Waals surface area contributed by atoms with Gasteiger partial charge in [0.15, 0.2) is 0 Å². The van der Waals surface area contributed by atoms with Crippen molar-refractivity contribution in [2.75, 3.05) is 0 Å². The van der Waals surface area contributed by atoms with Gasteiger partial charge in [-0.05, 0) is 55.8 Å². The Morgan fingerprint density at radius 3 is 2.19 bits per heavy atom.